The first kappa shape index (κ1) is 30.1. The molecule has 0 N–H and O–H groups in total. The number of benzene rings is 4. The first-order valence-electron chi connectivity index (χ1n) is 16.3. The minimum Gasteiger partial charge on any atom is -0.0582 e. The van der Waals surface area contributed by atoms with Crippen molar-refractivity contribution in [2.45, 2.75) is 59.3 Å². The number of nitrogens with zero attached hydrogens (tertiary/aromatic N) is 4. The van der Waals surface area contributed by atoms with E-state index >= 15 is 0 Å². The van der Waals surface area contributed by atoms with Gasteiger partial charge in [-0.05, 0) is 40.4 Å². The van der Waals surface area contributed by atoms with Gasteiger partial charge in [0.1, 0.15) is 0 Å². The molecule has 1 aliphatic rings. The van der Waals surface area contributed by atoms with Crippen molar-refractivity contribution in [2.75, 3.05) is 0 Å². The minimum absolute atomic E-state index is 0.0179. The van der Waals surface area contributed by atoms with Crippen LogP contribution in [0.3, 0.4) is 0 Å². The summed E-state index contributed by atoms with van der Waals surface area (Å²) >= 11 is 2.40. The molecule has 7 aromatic rings. The number of imidazole rings is 1. The van der Waals surface area contributed by atoms with Gasteiger partial charge in [0.15, 0.2) is 0 Å². The van der Waals surface area contributed by atoms with E-state index in [1.54, 1.807) is 0 Å². The van der Waals surface area contributed by atoms with Crippen molar-refractivity contribution in [3.8, 4) is 23.0 Å². The Morgan fingerprint density at radius 2 is 1.43 bits per heavy atom. The molecule has 0 spiro atoms. The summed E-state index contributed by atoms with van der Waals surface area (Å²) in [6.45, 7) is 16.6. The van der Waals surface area contributed by atoms with Crippen LogP contribution in [0, 0.1) is 16.1 Å². The van der Waals surface area contributed by atoms with Crippen molar-refractivity contribution < 1.29 is 24.1 Å². The third-order valence-electron chi connectivity index (χ3n) is 11.7. The van der Waals surface area contributed by atoms with Crippen molar-refractivity contribution in [3.05, 3.63) is 118 Å². The van der Waals surface area contributed by atoms with Gasteiger partial charge in [-0.1, -0.05) is 47.6 Å². The maximum atomic E-state index is 6.66. The molecule has 240 valence electrons. The molecular weight excluding hydrogens is 760 g/mol. The van der Waals surface area contributed by atoms with E-state index in [2.05, 4.69) is 173 Å². The summed E-state index contributed by atoms with van der Waals surface area (Å²) in [4.78, 5) is 4.88. The van der Waals surface area contributed by atoms with Crippen LogP contribution in [0.4, 0.5) is 0 Å². The summed E-state index contributed by atoms with van der Waals surface area (Å²) in [6.07, 6.45) is 1.91. The van der Waals surface area contributed by atoms with E-state index < -0.39 is 0 Å². The van der Waals surface area contributed by atoms with Crippen LogP contribution in [0.2, 0.25) is 0 Å². The molecule has 6 heteroatoms. The van der Waals surface area contributed by atoms with Crippen LogP contribution in [0.5, 0.6) is 11.5 Å². The van der Waals surface area contributed by atoms with Gasteiger partial charge in [0.2, 0.25) is 0 Å². The Morgan fingerprint density at radius 3 is 2.19 bits per heavy atom. The molecule has 0 saturated heterocycles. The van der Waals surface area contributed by atoms with E-state index in [1.165, 1.54) is 38.5 Å². The zero-order valence-electron chi connectivity index (χ0n) is 28.3. The van der Waals surface area contributed by atoms with Gasteiger partial charge in [-0.25, -0.2) is 0 Å². The van der Waals surface area contributed by atoms with Gasteiger partial charge in [-0.3, -0.25) is 0 Å². The number of rotatable bonds is 4. The summed E-state index contributed by atoms with van der Waals surface area (Å²) in [5.41, 5.74) is 9.78. The van der Waals surface area contributed by atoms with Gasteiger partial charge in [0.05, 0.1) is 0 Å². The second kappa shape index (κ2) is 10.1. The monoisotopic (exact) mass is 799 g/mol. The topological polar surface area (TPSA) is 36.9 Å². The van der Waals surface area contributed by atoms with Crippen molar-refractivity contribution in [1.82, 2.24) is 18.7 Å². The van der Waals surface area contributed by atoms with Crippen molar-refractivity contribution in [2.24, 2.45) is 12.5 Å². The van der Waals surface area contributed by atoms with Gasteiger partial charge in [-0.2, -0.15) is 0 Å². The van der Waals surface area contributed by atoms with Crippen molar-refractivity contribution in [1.29, 1.82) is 0 Å². The van der Waals surface area contributed by atoms with Crippen LogP contribution >= 0.6 is 0 Å². The Morgan fingerprint density at radius 1 is 0.681 bits per heavy atom. The summed E-state index contributed by atoms with van der Waals surface area (Å²) in [5.74, 6) is 2.50. The van der Waals surface area contributed by atoms with E-state index in [1.807, 2.05) is 12.3 Å². The van der Waals surface area contributed by atoms with Crippen molar-refractivity contribution >= 4 is 32.8 Å². The molecular formula is C41H40N4OPt. The van der Waals surface area contributed by atoms with Gasteiger partial charge in [-0.15, -0.1) is 0 Å². The summed E-state index contributed by atoms with van der Waals surface area (Å²) in [6, 6.07) is 32.3. The molecule has 0 fully saturated rings. The van der Waals surface area contributed by atoms with Gasteiger partial charge >= 0.3 is 194 Å². The second-order valence-corrected chi connectivity index (χ2v) is 15.7. The molecule has 1 aliphatic carbocycles. The summed E-state index contributed by atoms with van der Waals surface area (Å²) < 4.78 is 14.6. The Balaban J connectivity index is 1.32. The predicted molar refractivity (Wildman–Crippen MR) is 189 cm³/mol. The SMILES string of the molecule is Cc1ccnc(-n2c3cc(Oc4cccc(-n5[c](=[Pt])n(C)c6ccccc65)c4)ccc3c3c4c(ccc32)C(C)(C)C(C)(C)C4(C)C)c1. The molecule has 0 radical (unpaired) electrons. The number of pyridine rings is 1. The Hall–Kier alpha value is -4.21. The molecule has 0 atom stereocenters. The summed E-state index contributed by atoms with van der Waals surface area (Å²) in [7, 11) is 2.11. The molecule has 47 heavy (non-hydrogen) atoms. The molecule has 3 heterocycles. The fourth-order valence-electron chi connectivity index (χ4n) is 7.97. The minimum atomic E-state index is -0.0447. The average Bonchev–Trinajstić information content (AvgIpc) is 3.54. The zero-order chi connectivity index (χ0) is 33.0. The quantitative estimate of drug-likeness (QED) is 0.178. The number of hydrogen-bond acceptors (Lipinski definition) is 2. The van der Waals surface area contributed by atoms with Crippen molar-refractivity contribution in [3.63, 3.8) is 0 Å². The van der Waals surface area contributed by atoms with Crippen LogP contribution in [0.1, 0.15) is 58.2 Å². The zero-order valence-corrected chi connectivity index (χ0v) is 30.5. The third-order valence-corrected chi connectivity index (χ3v) is 12.9. The van der Waals surface area contributed by atoms with E-state index in [0.717, 1.165) is 37.8 Å². The third kappa shape index (κ3) is 4.12. The van der Waals surface area contributed by atoms with E-state index in [9.17, 15) is 0 Å². The number of aromatic nitrogens is 4. The molecule has 3 aromatic heterocycles. The Bertz CT molecular complexity index is 2470. The Kier molecular flexibility index (Phi) is 6.51. The van der Waals surface area contributed by atoms with Gasteiger partial charge in [0, 0.05) is 6.20 Å². The van der Waals surface area contributed by atoms with Gasteiger partial charge in [0.25, 0.3) is 0 Å². The fraction of sp³-hybridized carbons (Fsp3) is 0.268. The maximum absolute atomic E-state index is 6.66. The molecule has 0 amide bonds. The molecule has 8 rings (SSSR count). The number of ether oxygens (including phenoxy) is 1. The van der Waals surface area contributed by atoms with Crippen LogP contribution < -0.4 is 4.74 Å². The van der Waals surface area contributed by atoms with E-state index in [0.29, 0.717) is 0 Å². The first-order chi connectivity index (χ1) is 22.3. The molecule has 0 aliphatic heterocycles. The second-order valence-electron chi connectivity index (χ2n) is 14.7. The van der Waals surface area contributed by atoms with Crippen LogP contribution in [0.25, 0.3) is 44.3 Å². The normalized spacial score (nSPS) is 16.3. The molecule has 4 aromatic carbocycles. The number of fused-ring (bicyclic) bond motifs is 6. The van der Waals surface area contributed by atoms with Crippen LogP contribution in [-0.4, -0.2) is 18.7 Å². The number of para-hydroxylation sites is 2. The van der Waals surface area contributed by atoms with Crippen LogP contribution in [0.15, 0.2) is 97.2 Å². The molecule has 0 bridgehead atoms. The molecule has 0 unspecified atom stereocenters. The molecule has 0 saturated carbocycles. The number of aryl methyl sites for hydroxylation is 2. The predicted octanol–water partition coefficient (Wildman–Crippen LogP) is 10.2. The fourth-order valence-corrected chi connectivity index (χ4v) is 8.81. The summed E-state index contributed by atoms with van der Waals surface area (Å²) in [5, 5.41) is 2.55. The van der Waals surface area contributed by atoms with Gasteiger partial charge < -0.3 is 0 Å². The average molecular weight is 800 g/mol. The van der Waals surface area contributed by atoms with E-state index in [-0.39, 0.29) is 16.2 Å². The number of hydrogen-bond donors (Lipinski definition) is 0. The standard InChI is InChI=1S/C41H40N4O.Pt/c1-26-20-21-42-36(22-26)45-34-19-18-31-38(40(4,5)41(6,7)39(31,2)3)37(34)30-17-16-29(24-35(30)45)46-28-13-11-12-27(23-28)44-25-43(8)32-14-9-10-15-33(32)44;/h9-24H,1-8H3;. The molecule has 5 nitrogen and oxygen atoms in total. The van der Waals surface area contributed by atoms with E-state index in [4.69, 9.17) is 9.72 Å². The smallest absolute Gasteiger partial charge is 0.0582 e. The first-order valence-corrected chi connectivity index (χ1v) is 17.4. The van der Waals surface area contributed by atoms with Crippen LogP contribution in [-0.2, 0) is 37.2 Å². The Labute approximate surface area is 286 Å².